The first-order chi connectivity index (χ1) is 15.1. The van der Waals surface area contributed by atoms with Crippen LogP contribution in [0.2, 0.25) is 0 Å². The average molecular weight is 472 g/mol. The Morgan fingerprint density at radius 3 is 2.19 bits per heavy atom. The normalized spacial score (nSPS) is 12.1. The van der Waals surface area contributed by atoms with E-state index in [1.54, 1.807) is 0 Å². The van der Waals surface area contributed by atoms with Crippen molar-refractivity contribution in [3.63, 3.8) is 0 Å². The fourth-order valence-corrected chi connectivity index (χ4v) is 4.68. The second kappa shape index (κ2) is 10.0. The highest BCUT2D eigenvalue weighted by molar-refractivity contribution is 7.18. The van der Waals surface area contributed by atoms with Crippen molar-refractivity contribution < 1.29 is 9.47 Å². The third kappa shape index (κ3) is 4.16. The molecule has 168 valence electrons. The zero-order chi connectivity index (χ0) is 22.0. The molecule has 0 aliphatic carbocycles. The molecule has 0 fully saturated rings. The Balaban J connectivity index is 0.00000289. The number of hydrogen-bond acceptors (Lipinski definition) is 7. The summed E-state index contributed by atoms with van der Waals surface area (Å²) in [6.45, 7) is 7.66. The number of fused-ring (bicyclic) bond motifs is 1. The van der Waals surface area contributed by atoms with E-state index in [-0.39, 0.29) is 18.2 Å². The molecule has 9 heteroatoms. The van der Waals surface area contributed by atoms with E-state index in [1.165, 1.54) is 11.3 Å². The molecule has 1 aliphatic rings. The molecule has 0 unspecified atom stereocenters. The third-order valence-electron chi connectivity index (χ3n) is 4.90. The molecule has 0 bridgehead atoms. The van der Waals surface area contributed by atoms with Crippen molar-refractivity contribution >= 4 is 51.9 Å². The number of thiazole rings is 1. The molecule has 2 aromatic carbocycles. The van der Waals surface area contributed by atoms with Crippen molar-refractivity contribution in [2.45, 2.75) is 20.8 Å². The molecule has 3 N–H and O–H groups in total. The van der Waals surface area contributed by atoms with Crippen molar-refractivity contribution in [1.82, 2.24) is 4.98 Å². The van der Waals surface area contributed by atoms with Gasteiger partial charge < -0.3 is 20.1 Å². The van der Waals surface area contributed by atoms with Crippen LogP contribution in [0.5, 0.6) is 11.5 Å². The second-order valence-corrected chi connectivity index (χ2v) is 7.76. The van der Waals surface area contributed by atoms with Crippen LogP contribution in [0.25, 0.3) is 0 Å². The first-order valence-electron chi connectivity index (χ1n) is 10.3. The molecule has 0 spiro atoms. The first-order valence-corrected chi connectivity index (χ1v) is 11.1. The summed E-state index contributed by atoms with van der Waals surface area (Å²) in [5.74, 6) is 1.80. The van der Waals surface area contributed by atoms with Gasteiger partial charge in [0.2, 0.25) is 0 Å². The van der Waals surface area contributed by atoms with Crippen LogP contribution in [-0.4, -0.2) is 36.3 Å². The number of nitrogen functional groups attached to an aromatic ring is 1. The molecule has 0 saturated carbocycles. The van der Waals surface area contributed by atoms with Crippen molar-refractivity contribution in [1.29, 1.82) is 5.41 Å². The monoisotopic (exact) mass is 471 g/mol. The topological polar surface area (TPSA) is 96.8 Å². The Morgan fingerprint density at radius 1 is 0.969 bits per heavy atom. The summed E-state index contributed by atoms with van der Waals surface area (Å²) >= 11 is 1.46. The highest BCUT2D eigenvalue weighted by atomic mass is 35.5. The summed E-state index contributed by atoms with van der Waals surface area (Å²) in [6, 6.07) is 13.8. The summed E-state index contributed by atoms with van der Waals surface area (Å²) in [7, 11) is 0. The number of nitrogens with two attached hydrogens (primary N) is 1. The number of aromatic nitrogens is 1. The van der Waals surface area contributed by atoms with Crippen LogP contribution >= 0.6 is 23.7 Å². The Morgan fingerprint density at radius 2 is 1.59 bits per heavy atom. The molecule has 0 radical (unpaired) electrons. The number of nitrogens with zero attached hydrogens (tertiary/aromatic N) is 3. The Hall–Kier alpha value is -3.10. The average Bonchev–Trinajstić information content (AvgIpc) is 3.32. The number of anilines is 3. The highest BCUT2D eigenvalue weighted by Crippen LogP contribution is 2.41. The van der Waals surface area contributed by atoms with Crippen LogP contribution < -0.4 is 20.1 Å². The number of amidine groups is 1. The van der Waals surface area contributed by atoms with E-state index in [2.05, 4.69) is 21.8 Å². The lowest BCUT2D eigenvalue weighted by Crippen LogP contribution is -2.15. The van der Waals surface area contributed by atoms with Gasteiger partial charge in [0.25, 0.3) is 0 Å². The van der Waals surface area contributed by atoms with E-state index in [4.69, 9.17) is 20.6 Å². The summed E-state index contributed by atoms with van der Waals surface area (Å²) < 4.78 is 11.6. The Kier molecular flexibility index (Phi) is 7.37. The largest absolute Gasteiger partial charge is 0.493 e. The number of nitrogens with one attached hydrogen (secondary N) is 1. The molecule has 4 rings (SSSR count). The molecule has 1 aliphatic heterocycles. The van der Waals surface area contributed by atoms with Crippen LogP contribution in [-0.2, 0) is 0 Å². The molecule has 32 heavy (non-hydrogen) atoms. The molecular weight excluding hydrogens is 446 g/mol. The van der Waals surface area contributed by atoms with Crippen LogP contribution in [0.1, 0.15) is 36.8 Å². The molecule has 7 nitrogen and oxygen atoms in total. The van der Waals surface area contributed by atoms with Crippen LogP contribution in [0.3, 0.4) is 0 Å². The van der Waals surface area contributed by atoms with Gasteiger partial charge in [-0.05, 0) is 45.0 Å². The summed E-state index contributed by atoms with van der Waals surface area (Å²) in [5, 5.41) is 9.28. The van der Waals surface area contributed by atoms with Gasteiger partial charge >= 0.3 is 0 Å². The standard InChI is InChI=1S/C23H25N5O2S.ClH/c1-4-28(14-10-8-7-9-11-14)23-27-22(25)20(31-23)19-17-15(29-5-2)12-13-16(30-6-3)18(17)21(24)26-19;/h7-13,24H,4-6,25H2,1-3H3;1H. The molecule has 3 aromatic rings. The smallest absolute Gasteiger partial charge is 0.192 e. The van der Waals surface area contributed by atoms with E-state index < -0.39 is 0 Å². The second-order valence-electron chi connectivity index (χ2n) is 6.78. The van der Waals surface area contributed by atoms with Gasteiger partial charge in [-0.15, -0.1) is 12.4 Å². The minimum atomic E-state index is 0. The van der Waals surface area contributed by atoms with E-state index in [1.807, 2.05) is 56.3 Å². The molecule has 0 atom stereocenters. The number of aliphatic imine (C=N–C) groups is 1. The highest BCUT2D eigenvalue weighted by Gasteiger charge is 2.32. The van der Waals surface area contributed by atoms with Crippen LogP contribution in [0, 0.1) is 5.41 Å². The predicted octanol–water partition coefficient (Wildman–Crippen LogP) is 5.28. The van der Waals surface area contributed by atoms with Gasteiger partial charge in [0.15, 0.2) is 11.0 Å². The minimum Gasteiger partial charge on any atom is -0.493 e. The van der Waals surface area contributed by atoms with Gasteiger partial charge in [-0.25, -0.2) is 9.98 Å². The summed E-state index contributed by atoms with van der Waals surface area (Å²) in [6.07, 6.45) is 0. The molecule has 0 saturated heterocycles. The number of rotatable bonds is 8. The first kappa shape index (κ1) is 23.6. The lowest BCUT2D eigenvalue weighted by molar-refractivity contribution is 0.330. The third-order valence-corrected chi connectivity index (χ3v) is 6.00. The quantitative estimate of drug-likeness (QED) is 0.466. The van der Waals surface area contributed by atoms with Gasteiger partial charge in [0, 0.05) is 12.2 Å². The lowest BCUT2D eigenvalue weighted by Gasteiger charge is -2.19. The maximum Gasteiger partial charge on any atom is 0.192 e. The van der Waals surface area contributed by atoms with E-state index in [0.29, 0.717) is 41.8 Å². The van der Waals surface area contributed by atoms with Gasteiger partial charge in [0.1, 0.15) is 17.3 Å². The molecule has 0 amide bonds. The molecule has 1 aromatic heterocycles. The summed E-state index contributed by atoms with van der Waals surface area (Å²) in [5.41, 5.74) is 9.38. The van der Waals surface area contributed by atoms with Gasteiger partial charge in [0.05, 0.1) is 34.9 Å². The minimum absolute atomic E-state index is 0. The zero-order valence-electron chi connectivity index (χ0n) is 18.2. The number of halogens is 1. The zero-order valence-corrected chi connectivity index (χ0v) is 19.8. The van der Waals surface area contributed by atoms with Gasteiger partial charge in [-0.1, -0.05) is 29.5 Å². The predicted molar refractivity (Wildman–Crippen MR) is 134 cm³/mol. The van der Waals surface area contributed by atoms with Crippen molar-refractivity contribution in [2.24, 2.45) is 4.99 Å². The van der Waals surface area contributed by atoms with Crippen LogP contribution in [0.4, 0.5) is 16.6 Å². The number of ether oxygens (including phenoxy) is 2. The lowest BCUT2D eigenvalue weighted by atomic mass is 10.0. The molecular formula is C23H26ClN5O2S. The SMILES string of the molecule is CCOc1ccc(OCC)c2c1C(=N)N=C2c1sc(N(CC)c2ccccc2)nc1N.Cl. The van der Waals surface area contributed by atoms with Gasteiger partial charge in [-0.2, -0.15) is 0 Å². The van der Waals surface area contributed by atoms with E-state index >= 15 is 0 Å². The number of hydrogen-bond donors (Lipinski definition) is 2. The number of benzene rings is 2. The van der Waals surface area contributed by atoms with Crippen molar-refractivity contribution in [3.05, 3.63) is 58.5 Å². The van der Waals surface area contributed by atoms with E-state index in [9.17, 15) is 0 Å². The maximum absolute atomic E-state index is 8.50. The fourth-order valence-electron chi connectivity index (χ4n) is 3.62. The van der Waals surface area contributed by atoms with Crippen molar-refractivity contribution in [2.75, 3.05) is 30.4 Å². The van der Waals surface area contributed by atoms with E-state index in [0.717, 1.165) is 27.8 Å². The summed E-state index contributed by atoms with van der Waals surface area (Å²) in [4.78, 5) is 12.0. The van der Waals surface area contributed by atoms with Crippen LogP contribution in [0.15, 0.2) is 47.5 Å². The van der Waals surface area contributed by atoms with Gasteiger partial charge in [-0.3, -0.25) is 5.41 Å². The van der Waals surface area contributed by atoms with Crippen molar-refractivity contribution in [3.8, 4) is 11.5 Å². The molecule has 2 heterocycles. The number of para-hydroxylation sites is 1. The maximum atomic E-state index is 8.50. The Bertz CT molecular complexity index is 1150. The Labute approximate surface area is 197 Å². The fraction of sp³-hybridized carbons (Fsp3) is 0.261.